The molecule has 88 valence electrons. The Morgan fingerprint density at radius 3 is 2.76 bits per heavy atom. The third kappa shape index (κ3) is 2.98. The third-order valence-corrected chi connectivity index (χ3v) is 1.98. The lowest BCUT2D eigenvalue weighted by Crippen LogP contribution is -1.93. The molecular formula is C12H10O5. The molecule has 0 saturated heterocycles. The van der Waals surface area contributed by atoms with E-state index in [1.807, 2.05) is 0 Å². The summed E-state index contributed by atoms with van der Waals surface area (Å²) >= 11 is 0. The molecular weight excluding hydrogens is 224 g/mol. The molecule has 2 N–H and O–H groups in total. The van der Waals surface area contributed by atoms with Crippen molar-refractivity contribution >= 4 is 12.3 Å². The largest absolute Gasteiger partial charge is 0.504 e. The summed E-state index contributed by atoms with van der Waals surface area (Å²) in [5, 5.41) is 18.1. The van der Waals surface area contributed by atoms with E-state index in [2.05, 4.69) is 11.8 Å². The fraction of sp³-hybridized carbons (Fsp3) is 0.167. The van der Waals surface area contributed by atoms with Crippen LogP contribution >= 0.6 is 0 Å². The van der Waals surface area contributed by atoms with Gasteiger partial charge in [0.15, 0.2) is 17.8 Å². The Balaban J connectivity index is 3.15. The van der Waals surface area contributed by atoms with Crippen molar-refractivity contribution in [1.29, 1.82) is 0 Å². The number of carboxylic acids is 1. The Hall–Kier alpha value is -2.48. The molecule has 1 aromatic rings. The summed E-state index contributed by atoms with van der Waals surface area (Å²) < 4.78 is 4.83. The number of carbonyl (C=O) groups excluding carboxylic acids is 1. The molecule has 5 heteroatoms. The first-order chi connectivity index (χ1) is 8.10. The molecule has 0 aliphatic heterocycles. The van der Waals surface area contributed by atoms with Crippen molar-refractivity contribution in [3.8, 4) is 23.3 Å². The molecule has 0 amide bonds. The van der Waals surface area contributed by atoms with E-state index in [0.29, 0.717) is 6.29 Å². The highest BCUT2D eigenvalue weighted by Gasteiger charge is 2.10. The second-order valence-corrected chi connectivity index (χ2v) is 3.07. The lowest BCUT2D eigenvalue weighted by molar-refractivity contribution is -0.135. The van der Waals surface area contributed by atoms with Crippen LogP contribution in [-0.4, -0.2) is 29.6 Å². The highest BCUT2D eigenvalue weighted by atomic mass is 16.5. The number of benzene rings is 1. The fourth-order valence-electron chi connectivity index (χ4n) is 1.20. The van der Waals surface area contributed by atoms with Gasteiger partial charge in [-0.1, -0.05) is 11.8 Å². The van der Waals surface area contributed by atoms with Crippen LogP contribution in [0.4, 0.5) is 0 Å². The van der Waals surface area contributed by atoms with E-state index < -0.39 is 5.97 Å². The predicted molar refractivity (Wildman–Crippen MR) is 59.2 cm³/mol. The summed E-state index contributed by atoms with van der Waals surface area (Å²) in [5.74, 6) is 3.70. The van der Waals surface area contributed by atoms with Gasteiger partial charge >= 0.3 is 5.97 Å². The van der Waals surface area contributed by atoms with Gasteiger partial charge in [0.25, 0.3) is 0 Å². The number of ether oxygens (including phenoxy) is 1. The molecule has 0 aliphatic rings. The minimum Gasteiger partial charge on any atom is -0.504 e. The zero-order valence-corrected chi connectivity index (χ0v) is 9.06. The van der Waals surface area contributed by atoms with Crippen LogP contribution in [-0.2, 0) is 4.79 Å². The number of hydrogen-bond acceptors (Lipinski definition) is 4. The molecule has 0 unspecified atom stereocenters. The lowest BCUT2D eigenvalue weighted by Gasteiger charge is -2.06. The van der Waals surface area contributed by atoms with Gasteiger partial charge in [-0.3, -0.25) is 9.59 Å². The van der Waals surface area contributed by atoms with Crippen molar-refractivity contribution < 1.29 is 24.5 Å². The quantitative estimate of drug-likeness (QED) is 0.603. The molecule has 0 aromatic heterocycles. The van der Waals surface area contributed by atoms with Crippen molar-refractivity contribution in [2.45, 2.75) is 6.42 Å². The Morgan fingerprint density at radius 1 is 1.53 bits per heavy atom. The minimum absolute atomic E-state index is 0.0118. The average Bonchev–Trinajstić information content (AvgIpc) is 2.29. The van der Waals surface area contributed by atoms with Crippen molar-refractivity contribution in [3.63, 3.8) is 0 Å². The van der Waals surface area contributed by atoms with Gasteiger partial charge in [-0.15, -0.1) is 0 Å². The number of aromatic hydroxyl groups is 1. The van der Waals surface area contributed by atoms with Crippen LogP contribution in [0.25, 0.3) is 0 Å². The summed E-state index contributed by atoms with van der Waals surface area (Å²) in [4.78, 5) is 21.1. The van der Waals surface area contributed by atoms with Gasteiger partial charge in [0.1, 0.15) is 6.42 Å². The van der Waals surface area contributed by atoms with E-state index in [1.165, 1.54) is 19.2 Å². The van der Waals surface area contributed by atoms with Crippen molar-refractivity contribution in [3.05, 3.63) is 23.3 Å². The molecule has 0 heterocycles. The SMILES string of the molecule is COc1ccc(C#CCC(=O)O)c(C=O)c1O. The standard InChI is InChI=1S/C12H10O5/c1-17-10-6-5-8(3-2-4-11(14)15)9(7-13)12(10)16/h5-7,16H,4H2,1H3,(H,14,15). The Morgan fingerprint density at radius 2 is 2.24 bits per heavy atom. The van der Waals surface area contributed by atoms with Crippen LogP contribution in [0.2, 0.25) is 0 Å². The number of phenols is 1. The zero-order valence-electron chi connectivity index (χ0n) is 9.06. The van der Waals surface area contributed by atoms with E-state index in [-0.39, 0.29) is 29.0 Å². The molecule has 0 bridgehead atoms. The number of hydrogen-bond donors (Lipinski definition) is 2. The highest BCUT2D eigenvalue weighted by molar-refractivity contribution is 5.85. The van der Waals surface area contributed by atoms with Gasteiger partial charge < -0.3 is 14.9 Å². The maximum Gasteiger partial charge on any atom is 0.315 e. The van der Waals surface area contributed by atoms with Crippen molar-refractivity contribution in [2.24, 2.45) is 0 Å². The Labute approximate surface area is 97.6 Å². The van der Waals surface area contributed by atoms with Crippen molar-refractivity contribution in [2.75, 3.05) is 7.11 Å². The minimum atomic E-state index is -1.05. The molecule has 0 saturated carbocycles. The molecule has 17 heavy (non-hydrogen) atoms. The Kier molecular flexibility index (Phi) is 4.12. The van der Waals surface area contributed by atoms with E-state index >= 15 is 0 Å². The zero-order chi connectivity index (χ0) is 12.8. The smallest absolute Gasteiger partial charge is 0.315 e. The van der Waals surface area contributed by atoms with Gasteiger partial charge in [0.05, 0.1) is 12.7 Å². The van der Waals surface area contributed by atoms with E-state index in [0.717, 1.165) is 0 Å². The first-order valence-electron chi connectivity index (χ1n) is 4.66. The summed E-state index contributed by atoms with van der Waals surface area (Å²) in [6.07, 6.45) is 0.119. The summed E-state index contributed by atoms with van der Waals surface area (Å²) in [5.41, 5.74) is 0.252. The first kappa shape index (κ1) is 12.6. The van der Waals surface area contributed by atoms with Gasteiger partial charge in [-0.25, -0.2) is 0 Å². The number of aliphatic carboxylic acids is 1. The molecule has 0 fully saturated rings. The maximum absolute atomic E-state index is 10.8. The highest BCUT2D eigenvalue weighted by Crippen LogP contribution is 2.30. The molecule has 0 spiro atoms. The molecule has 1 aromatic carbocycles. The maximum atomic E-state index is 10.8. The average molecular weight is 234 g/mol. The normalized spacial score (nSPS) is 9.00. The number of carbonyl (C=O) groups is 2. The van der Waals surface area contributed by atoms with Crippen LogP contribution in [0, 0.1) is 11.8 Å². The first-order valence-corrected chi connectivity index (χ1v) is 4.66. The van der Waals surface area contributed by atoms with Crippen LogP contribution in [0.3, 0.4) is 0 Å². The second kappa shape index (κ2) is 5.56. The number of phenolic OH excluding ortho intramolecular Hbond substituents is 1. The molecule has 0 atom stereocenters. The van der Waals surface area contributed by atoms with Crippen LogP contribution in [0.15, 0.2) is 12.1 Å². The summed E-state index contributed by atoms with van der Waals surface area (Å²) in [7, 11) is 1.36. The van der Waals surface area contributed by atoms with Gasteiger partial charge in [0.2, 0.25) is 0 Å². The fourth-order valence-corrected chi connectivity index (χ4v) is 1.20. The third-order valence-electron chi connectivity index (χ3n) is 1.98. The van der Waals surface area contributed by atoms with Crippen LogP contribution in [0.5, 0.6) is 11.5 Å². The monoisotopic (exact) mass is 234 g/mol. The van der Waals surface area contributed by atoms with Crippen molar-refractivity contribution in [1.82, 2.24) is 0 Å². The van der Waals surface area contributed by atoms with Gasteiger partial charge in [0, 0.05) is 5.56 Å². The van der Waals surface area contributed by atoms with Gasteiger partial charge in [-0.05, 0) is 12.1 Å². The number of aldehydes is 1. The van der Waals surface area contributed by atoms with E-state index in [1.54, 1.807) is 0 Å². The van der Waals surface area contributed by atoms with Crippen LogP contribution in [0.1, 0.15) is 22.3 Å². The second-order valence-electron chi connectivity index (χ2n) is 3.07. The topological polar surface area (TPSA) is 83.8 Å². The number of methoxy groups -OCH3 is 1. The molecule has 1 rings (SSSR count). The number of rotatable bonds is 3. The summed E-state index contributed by atoms with van der Waals surface area (Å²) in [6, 6.07) is 2.93. The van der Waals surface area contributed by atoms with Crippen LogP contribution < -0.4 is 4.74 Å². The molecule has 5 nitrogen and oxygen atoms in total. The van der Waals surface area contributed by atoms with E-state index in [9.17, 15) is 14.7 Å². The molecule has 0 aliphatic carbocycles. The number of carboxylic acid groups (broad SMARTS) is 1. The lowest BCUT2D eigenvalue weighted by atomic mass is 10.1. The van der Waals surface area contributed by atoms with E-state index in [4.69, 9.17) is 9.84 Å². The Bertz CT molecular complexity index is 508. The molecule has 0 radical (unpaired) electrons. The summed E-state index contributed by atoms with van der Waals surface area (Å²) in [6.45, 7) is 0. The predicted octanol–water partition coefficient (Wildman–Crippen LogP) is 1.04. The van der Waals surface area contributed by atoms with Gasteiger partial charge in [-0.2, -0.15) is 0 Å².